The number of benzene rings is 2. The first-order valence-corrected chi connectivity index (χ1v) is 10.2. The molecule has 2 aromatic rings. The molecule has 1 heterocycles. The van der Waals surface area contributed by atoms with E-state index in [2.05, 4.69) is 0 Å². The third-order valence-corrected chi connectivity index (χ3v) is 6.71. The summed E-state index contributed by atoms with van der Waals surface area (Å²) in [5, 5.41) is 0. The van der Waals surface area contributed by atoms with Gasteiger partial charge in [0, 0.05) is 31.7 Å². The lowest BCUT2D eigenvalue weighted by Crippen LogP contribution is -2.50. The van der Waals surface area contributed by atoms with Crippen LogP contribution in [0.1, 0.15) is 27.0 Å². The lowest BCUT2D eigenvalue weighted by atomic mass is 10.0. The molecule has 0 N–H and O–H groups in total. The van der Waals surface area contributed by atoms with Crippen molar-refractivity contribution in [3.8, 4) is 0 Å². The third-order valence-electron chi connectivity index (χ3n) is 4.80. The number of carbonyl (C=O) groups excluding carboxylic acids is 1. The molecular formula is C20H24N2O3S. The third kappa shape index (κ3) is 3.66. The molecule has 138 valence electrons. The largest absolute Gasteiger partial charge is 0.336 e. The number of hydrogen-bond acceptors (Lipinski definition) is 3. The van der Waals surface area contributed by atoms with Crippen molar-refractivity contribution in [3.63, 3.8) is 0 Å². The Morgan fingerprint density at radius 3 is 2.00 bits per heavy atom. The molecule has 0 radical (unpaired) electrons. The lowest BCUT2D eigenvalue weighted by molar-refractivity contribution is 0.0697. The van der Waals surface area contributed by atoms with Crippen LogP contribution >= 0.6 is 0 Å². The maximum atomic E-state index is 12.8. The van der Waals surface area contributed by atoms with Gasteiger partial charge in [-0.3, -0.25) is 4.79 Å². The van der Waals surface area contributed by atoms with Crippen molar-refractivity contribution in [3.05, 3.63) is 64.7 Å². The molecule has 1 aliphatic rings. The molecule has 26 heavy (non-hydrogen) atoms. The van der Waals surface area contributed by atoms with Gasteiger partial charge in [-0.2, -0.15) is 4.31 Å². The summed E-state index contributed by atoms with van der Waals surface area (Å²) in [7, 11) is -3.51. The van der Waals surface area contributed by atoms with Crippen LogP contribution in [-0.4, -0.2) is 49.7 Å². The Hall–Kier alpha value is -2.18. The van der Waals surface area contributed by atoms with Gasteiger partial charge in [0.2, 0.25) is 10.0 Å². The van der Waals surface area contributed by atoms with Crippen LogP contribution in [-0.2, 0) is 10.0 Å². The van der Waals surface area contributed by atoms with E-state index in [1.807, 2.05) is 39.0 Å². The Balaban J connectivity index is 1.70. The average Bonchev–Trinajstić information content (AvgIpc) is 2.62. The zero-order chi connectivity index (χ0) is 18.9. The number of rotatable bonds is 3. The van der Waals surface area contributed by atoms with Gasteiger partial charge in [0.25, 0.3) is 5.91 Å². The highest BCUT2D eigenvalue weighted by atomic mass is 32.2. The highest BCUT2D eigenvalue weighted by Crippen LogP contribution is 2.20. The summed E-state index contributed by atoms with van der Waals surface area (Å²) in [6.07, 6.45) is 0. The minimum atomic E-state index is -3.51. The van der Waals surface area contributed by atoms with Crippen LogP contribution < -0.4 is 0 Å². The summed E-state index contributed by atoms with van der Waals surface area (Å²) >= 11 is 0. The highest BCUT2D eigenvalue weighted by Gasteiger charge is 2.30. The number of amides is 1. The lowest BCUT2D eigenvalue weighted by Gasteiger charge is -2.34. The van der Waals surface area contributed by atoms with Crippen LogP contribution in [0, 0.1) is 20.8 Å². The van der Waals surface area contributed by atoms with Crippen LogP contribution in [0.5, 0.6) is 0 Å². The Kier molecular flexibility index (Phi) is 5.16. The first-order valence-electron chi connectivity index (χ1n) is 8.72. The zero-order valence-corrected chi connectivity index (χ0v) is 16.2. The molecule has 0 atom stereocenters. The van der Waals surface area contributed by atoms with Gasteiger partial charge in [0.15, 0.2) is 0 Å². The van der Waals surface area contributed by atoms with Gasteiger partial charge in [-0.1, -0.05) is 35.4 Å². The monoisotopic (exact) mass is 372 g/mol. The van der Waals surface area contributed by atoms with Gasteiger partial charge >= 0.3 is 0 Å². The first-order chi connectivity index (χ1) is 12.3. The van der Waals surface area contributed by atoms with E-state index in [0.29, 0.717) is 36.6 Å². The van der Waals surface area contributed by atoms with Crippen molar-refractivity contribution in [1.82, 2.24) is 9.21 Å². The van der Waals surface area contributed by atoms with E-state index >= 15 is 0 Å². The molecule has 0 spiro atoms. The highest BCUT2D eigenvalue weighted by molar-refractivity contribution is 7.89. The standard InChI is InChI=1S/C20H24N2O3S/c1-15-4-7-18(8-5-15)26(24,25)22-12-10-21(11-13-22)20(23)19-9-6-16(2)14-17(19)3/h4-9,14H,10-13H2,1-3H3. The predicted molar refractivity (Wildman–Crippen MR) is 102 cm³/mol. The molecule has 1 aliphatic heterocycles. The van der Waals surface area contributed by atoms with Crippen molar-refractivity contribution in [2.24, 2.45) is 0 Å². The van der Waals surface area contributed by atoms with Crippen LogP contribution in [0.15, 0.2) is 47.4 Å². The molecule has 0 aromatic heterocycles. The van der Waals surface area contributed by atoms with Gasteiger partial charge in [-0.05, 0) is 44.5 Å². The molecule has 3 rings (SSSR count). The number of piperazine rings is 1. The predicted octanol–water partition coefficient (Wildman–Crippen LogP) is 2.76. The first kappa shape index (κ1) is 18.6. The summed E-state index contributed by atoms with van der Waals surface area (Å²) in [6.45, 7) is 7.27. The number of hydrogen-bond donors (Lipinski definition) is 0. The van der Waals surface area contributed by atoms with Gasteiger partial charge in [0.1, 0.15) is 0 Å². The summed E-state index contributed by atoms with van der Waals surface area (Å²) in [4.78, 5) is 14.8. The van der Waals surface area contributed by atoms with Crippen molar-refractivity contribution in [2.45, 2.75) is 25.7 Å². The SMILES string of the molecule is Cc1ccc(S(=O)(=O)N2CCN(C(=O)c3ccc(C)cc3C)CC2)cc1. The van der Waals surface area contributed by atoms with Crippen LogP contribution in [0.3, 0.4) is 0 Å². The maximum Gasteiger partial charge on any atom is 0.254 e. The van der Waals surface area contributed by atoms with Crippen LogP contribution in [0.4, 0.5) is 0 Å². The van der Waals surface area contributed by atoms with E-state index in [4.69, 9.17) is 0 Å². The fraction of sp³-hybridized carbons (Fsp3) is 0.350. The van der Waals surface area contributed by atoms with E-state index in [1.54, 1.807) is 29.2 Å². The van der Waals surface area contributed by atoms with Gasteiger partial charge in [0.05, 0.1) is 4.90 Å². The fourth-order valence-corrected chi connectivity index (χ4v) is 4.64. The second kappa shape index (κ2) is 7.21. The van der Waals surface area contributed by atoms with Gasteiger partial charge in [-0.25, -0.2) is 8.42 Å². The molecular weight excluding hydrogens is 348 g/mol. The average molecular weight is 372 g/mol. The van der Waals surface area contributed by atoms with E-state index in [9.17, 15) is 13.2 Å². The molecule has 6 heteroatoms. The van der Waals surface area contributed by atoms with E-state index in [0.717, 1.165) is 16.7 Å². The minimum absolute atomic E-state index is 0.0325. The number of nitrogens with zero attached hydrogens (tertiary/aromatic N) is 2. The van der Waals surface area contributed by atoms with Crippen molar-refractivity contribution >= 4 is 15.9 Å². The van der Waals surface area contributed by atoms with E-state index in [1.165, 1.54) is 4.31 Å². The summed E-state index contributed by atoms with van der Waals surface area (Å²) in [5.41, 5.74) is 3.77. The van der Waals surface area contributed by atoms with Crippen LogP contribution in [0.25, 0.3) is 0 Å². The zero-order valence-electron chi connectivity index (χ0n) is 15.4. The van der Waals surface area contributed by atoms with Crippen LogP contribution in [0.2, 0.25) is 0 Å². The van der Waals surface area contributed by atoms with E-state index in [-0.39, 0.29) is 5.91 Å². The Morgan fingerprint density at radius 1 is 0.846 bits per heavy atom. The van der Waals surface area contributed by atoms with Crippen molar-refractivity contribution in [1.29, 1.82) is 0 Å². The quantitative estimate of drug-likeness (QED) is 0.832. The molecule has 0 saturated carbocycles. The number of aryl methyl sites for hydroxylation is 3. The van der Waals surface area contributed by atoms with Gasteiger partial charge < -0.3 is 4.90 Å². The number of carbonyl (C=O) groups is 1. The second-order valence-electron chi connectivity index (χ2n) is 6.83. The number of sulfonamides is 1. The smallest absolute Gasteiger partial charge is 0.254 e. The Bertz CT molecular complexity index is 913. The maximum absolute atomic E-state index is 12.8. The van der Waals surface area contributed by atoms with Crippen molar-refractivity contribution < 1.29 is 13.2 Å². The molecule has 0 unspecified atom stereocenters. The molecule has 1 saturated heterocycles. The van der Waals surface area contributed by atoms with Crippen molar-refractivity contribution in [2.75, 3.05) is 26.2 Å². The molecule has 1 amide bonds. The molecule has 1 fully saturated rings. The van der Waals surface area contributed by atoms with E-state index < -0.39 is 10.0 Å². The normalized spacial score (nSPS) is 15.9. The molecule has 0 bridgehead atoms. The van der Waals surface area contributed by atoms with Gasteiger partial charge in [-0.15, -0.1) is 0 Å². The fourth-order valence-electron chi connectivity index (χ4n) is 3.21. The molecule has 0 aliphatic carbocycles. The summed E-state index contributed by atoms with van der Waals surface area (Å²) in [5.74, 6) is -0.0325. The minimum Gasteiger partial charge on any atom is -0.336 e. The molecule has 2 aromatic carbocycles. The topological polar surface area (TPSA) is 57.7 Å². The summed E-state index contributed by atoms with van der Waals surface area (Å²) < 4.78 is 27.0. The second-order valence-corrected chi connectivity index (χ2v) is 8.77. The summed E-state index contributed by atoms with van der Waals surface area (Å²) in [6, 6.07) is 12.6. The Labute approximate surface area is 155 Å². The Morgan fingerprint density at radius 2 is 1.42 bits per heavy atom. The molecule has 5 nitrogen and oxygen atoms in total.